The Balaban J connectivity index is 1.79. The summed E-state index contributed by atoms with van der Waals surface area (Å²) in [5, 5.41) is 18.5. The lowest BCUT2D eigenvalue weighted by molar-refractivity contribution is -0.168. The third-order valence-electron chi connectivity index (χ3n) is 7.75. The number of primary amides is 1. The van der Waals surface area contributed by atoms with Gasteiger partial charge in [-0.1, -0.05) is 15.9 Å². The molecule has 3 N–H and O–H groups in total. The van der Waals surface area contributed by atoms with Crippen LogP contribution < -0.4 is 5.73 Å². The number of hydrogen-bond acceptors (Lipinski definition) is 7. The second-order valence-corrected chi connectivity index (χ2v) is 12.8. The van der Waals surface area contributed by atoms with Crippen LogP contribution in [0.2, 0.25) is 0 Å². The van der Waals surface area contributed by atoms with E-state index in [1.54, 1.807) is 6.07 Å². The Bertz CT molecular complexity index is 1260. The van der Waals surface area contributed by atoms with Crippen LogP contribution in [0.5, 0.6) is 0 Å². The first-order chi connectivity index (χ1) is 17.2. The number of benzene rings is 1. The number of rotatable bonds is 7. The van der Waals surface area contributed by atoms with E-state index in [0.29, 0.717) is 32.1 Å². The molecule has 202 valence electrons. The Morgan fingerprint density at radius 2 is 1.89 bits per heavy atom. The van der Waals surface area contributed by atoms with Gasteiger partial charge in [0.2, 0.25) is 5.91 Å². The lowest BCUT2D eigenvalue weighted by atomic mass is 9.75. The Morgan fingerprint density at radius 1 is 1.24 bits per heavy atom. The molecule has 1 aliphatic heterocycles. The molecule has 9 nitrogen and oxygen atoms in total. The fraction of sp³-hybridized carbons (Fsp3) is 0.609. The predicted molar refractivity (Wildman–Crippen MR) is 123 cm³/mol. The van der Waals surface area contributed by atoms with Crippen LogP contribution in [0.25, 0.3) is 0 Å². The van der Waals surface area contributed by atoms with Crippen molar-refractivity contribution in [3.8, 4) is 6.07 Å². The summed E-state index contributed by atoms with van der Waals surface area (Å²) in [5.74, 6) is -3.68. The molecule has 3 fully saturated rings. The molecule has 2 unspecified atom stereocenters. The second kappa shape index (κ2) is 9.52. The van der Waals surface area contributed by atoms with Crippen molar-refractivity contribution in [3.63, 3.8) is 0 Å². The zero-order valence-corrected chi connectivity index (χ0v) is 21.7. The zero-order valence-electron chi connectivity index (χ0n) is 19.3. The molecule has 3 aliphatic rings. The largest absolute Gasteiger partial charge is 0.481 e. The fourth-order valence-electron chi connectivity index (χ4n) is 5.73. The molecule has 37 heavy (non-hydrogen) atoms. The maximum atomic E-state index is 13.8. The van der Waals surface area contributed by atoms with Crippen LogP contribution >= 0.6 is 15.9 Å². The highest BCUT2D eigenvalue weighted by Gasteiger charge is 2.75. The third kappa shape index (κ3) is 4.64. The zero-order chi connectivity index (χ0) is 27.4. The van der Waals surface area contributed by atoms with Crippen LogP contribution in [0.3, 0.4) is 0 Å². The molecule has 2 aliphatic carbocycles. The van der Waals surface area contributed by atoms with Crippen LogP contribution in [0.4, 0.5) is 13.2 Å². The minimum Gasteiger partial charge on any atom is -0.481 e. The van der Waals surface area contributed by atoms with Gasteiger partial charge in [0.15, 0.2) is 9.84 Å². The van der Waals surface area contributed by atoms with Crippen molar-refractivity contribution in [1.82, 2.24) is 0 Å². The summed E-state index contributed by atoms with van der Waals surface area (Å²) in [6.45, 7) is 0.666. The number of carbonyl (C=O) groups excluding carboxylic acids is 1. The quantitative estimate of drug-likeness (QED) is 0.478. The number of carboxylic acid groups (broad SMARTS) is 1. The number of nitrogens with two attached hydrogens (primary N) is 1. The average molecular weight is 609 g/mol. The van der Waals surface area contributed by atoms with E-state index < -0.39 is 85.4 Å². The van der Waals surface area contributed by atoms with E-state index in [9.17, 15) is 41.5 Å². The Morgan fingerprint density at radius 3 is 2.41 bits per heavy atom. The molecular weight excluding hydrogens is 585 g/mol. The van der Waals surface area contributed by atoms with Gasteiger partial charge in [-0.25, -0.2) is 8.42 Å². The average Bonchev–Trinajstić information content (AvgIpc) is 3.46. The van der Waals surface area contributed by atoms with Crippen LogP contribution in [0.1, 0.15) is 37.7 Å². The number of alkyl halides is 3. The Labute approximate surface area is 219 Å². The van der Waals surface area contributed by atoms with Crippen molar-refractivity contribution in [2.24, 2.45) is 22.5 Å². The number of nitrogens with zero attached hydrogens (tertiary/aromatic N) is 1. The molecule has 14 heteroatoms. The van der Waals surface area contributed by atoms with Crippen molar-refractivity contribution < 1.29 is 45.8 Å². The number of nitriles is 1. The second-order valence-electron chi connectivity index (χ2n) is 9.73. The highest BCUT2D eigenvalue weighted by atomic mass is 79.9. The topological polar surface area (TPSA) is 157 Å². The molecule has 0 radical (unpaired) electrons. The summed E-state index contributed by atoms with van der Waals surface area (Å²) < 4.78 is 80.0. The first-order valence-electron chi connectivity index (χ1n) is 11.5. The molecule has 0 spiro atoms. The standard InChI is InChI=1S/C23H24BrF3N2O7S/c24-12-1-2-16(15(7-12)23(25,26)27)37(33,34)14-8-18(36-13-3-5-35-6-4-13)22(9-14,20(31)32)17-10-21(17,11-28)19(29)30/h1-2,7,13-14,17-18H,3-6,8-10H2,(H2,29,30)(H,31,32)/t14-,17?,18+,21?,22+/m0/s1. The van der Waals surface area contributed by atoms with Crippen molar-refractivity contribution in [2.45, 2.75) is 60.6 Å². The summed E-state index contributed by atoms with van der Waals surface area (Å²) in [5.41, 5.74) is 0.192. The lowest BCUT2D eigenvalue weighted by Gasteiger charge is -2.35. The fourth-order valence-corrected chi connectivity index (χ4v) is 8.11. The summed E-state index contributed by atoms with van der Waals surface area (Å²) in [6.07, 6.45) is -7.22. The minimum atomic E-state index is -4.99. The summed E-state index contributed by atoms with van der Waals surface area (Å²) >= 11 is 2.93. The molecule has 1 saturated heterocycles. The number of carbonyl (C=O) groups is 2. The number of halogens is 4. The highest BCUT2D eigenvalue weighted by Crippen LogP contribution is 2.67. The lowest BCUT2D eigenvalue weighted by Crippen LogP contribution is -2.46. The molecule has 1 aromatic carbocycles. The van der Waals surface area contributed by atoms with Crippen LogP contribution in [-0.4, -0.2) is 56.1 Å². The van der Waals surface area contributed by atoms with Gasteiger partial charge in [-0.05, 0) is 50.3 Å². The Hall–Kier alpha value is -2.21. The van der Waals surface area contributed by atoms with Gasteiger partial charge in [0.05, 0.1) is 34.0 Å². The third-order valence-corrected chi connectivity index (χ3v) is 10.5. The number of amides is 1. The SMILES string of the molecule is N#CC1(C(N)=O)CC1[C@]1(C(=O)O)C[C@@H](S(=O)(=O)c2ccc(Br)cc2C(F)(F)F)C[C@H]1OC1CCOCC1. The maximum absolute atomic E-state index is 13.8. The molecule has 0 bridgehead atoms. The van der Waals surface area contributed by atoms with Crippen molar-refractivity contribution in [3.05, 3.63) is 28.2 Å². The predicted octanol–water partition coefficient (Wildman–Crippen LogP) is 3.05. The van der Waals surface area contributed by atoms with Gasteiger partial charge in [-0.3, -0.25) is 9.59 Å². The van der Waals surface area contributed by atoms with Crippen molar-refractivity contribution >= 4 is 37.6 Å². The van der Waals surface area contributed by atoms with E-state index >= 15 is 0 Å². The van der Waals surface area contributed by atoms with Crippen molar-refractivity contribution in [2.75, 3.05) is 13.2 Å². The first-order valence-corrected chi connectivity index (χ1v) is 13.8. The molecule has 4 rings (SSSR count). The smallest absolute Gasteiger partial charge is 0.417 e. The molecule has 1 amide bonds. The van der Waals surface area contributed by atoms with Gasteiger partial charge < -0.3 is 20.3 Å². The maximum Gasteiger partial charge on any atom is 0.417 e. The Kier molecular flexibility index (Phi) is 7.15. The summed E-state index contributed by atoms with van der Waals surface area (Å²) in [7, 11) is -4.73. The monoisotopic (exact) mass is 608 g/mol. The first kappa shape index (κ1) is 27.8. The number of hydrogen-bond donors (Lipinski definition) is 2. The van der Waals surface area contributed by atoms with Gasteiger partial charge >= 0.3 is 12.1 Å². The van der Waals surface area contributed by atoms with Crippen LogP contribution in [0.15, 0.2) is 27.6 Å². The van der Waals surface area contributed by atoms with E-state index in [1.165, 1.54) is 0 Å². The summed E-state index contributed by atoms with van der Waals surface area (Å²) in [4.78, 5) is 24.0. The van der Waals surface area contributed by atoms with Gasteiger partial charge in [0, 0.05) is 23.6 Å². The van der Waals surface area contributed by atoms with Crippen LogP contribution in [-0.2, 0) is 35.1 Å². The number of ether oxygens (including phenoxy) is 2. The van der Waals surface area contributed by atoms with Gasteiger partial charge in [-0.15, -0.1) is 0 Å². The number of aliphatic carboxylic acids is 1. The van der Waals surface area contributed by atoms with E-state index in [1.807, 2.05) is 0 Å². The van der Waals surface area contributed by atoms with Crippen molar-refractivity contribution in [1.29, 1.82) is 5.26 Å². The molecule has 1 aromatic rings. The van der Waals surface area contributed by atoms with E-state index in [0.717, 1.165) is 12.1 Å². The highest BCUT2D eigenvalue weighted by molar-refractivity contribution is 9.10. The van der Waals surface area contributed by atoms with E-state index in [2.05, 4.69) is 15.9 Å². The number of carboxylic acids is 1. The van der Waals surface area contributed by atoms with Gasteiger partial charge in [-0.2, -0.15) is 18.4 Å². The minimum absolute atomic E-state index is 0.0176. The van der Waals surface area contributed by atoms with Crippen LogP contribution in [0, 0.1) is 28.1 Å². The normalized spacial score (nSPS) is 32.6. The summed E-state index contributed by atoms with van der Waals surface area (Å²) in [6, 6.07) is 4.43. The molecule has 1 heterocycles. The van der Waals surface area contributed by atoms with Gasteiger partial charge in [0.25, 0.3) is 0 Å². The molecule has 0 aromatic heterocycles. The molecule has 2 saturated carbocycles. The molecular formula is C23H24BrF3N2O7S. The van der Waals surface area contributed by atoms with E-state index in [4.69, 9.17) is 15.2 Å². The molecule has 5 atom stereocenters. The number of sulfone groups is 1. The van der Waals surface area contributed by atoms with E-state index in [-0.39, 0.29) is 10.9 Å². The van der Waals surface area contributed by atoms with Gasteiger partial charge in [0.1, 0.15) is 10.8 Å².